The van der Waals surface area contributed by atoms with Gasteiger partial charge in [0.15, 0.2) is 11.6 Å². The first kappa shape index (κ1) is 16.7. The van der Waals surface area contributed by atoms with Gasteiger partial charge in [-0.25, -0.2) is 4.79 Å². The molecule has 1 aliphatic carbocycles. The van der Waals surface area contributed by atoms with Crippen LogP contribution >= 0.6 is 0 Å². The van der Waals surface area contributed by atoms with Gasteiger partial charge in [0, 0.05) is 22.3 Å². The van der Waals surface area contributed by atoms with Crippen molar-refractivity contribution in [3.05, 3.63) is 106 Å². The van der Waals surface area contributed by atoms with E-state index in [1.807, 2.05) is 6.07 Å². The lowest BCUT2D eigenvalue weighted by atomic mass is 9.83. The summed E-state index contributed by atoms with van der Waals surface area (Å²) in [5, 5.41) is 9.56. The lowest BCUT2D eigenvalue weighted by Crippen LogP contribution is -2.20. The molecule has 0 atom stereocenters. The van der Waals surface area contributed by atoms with E-state index in [4.69, 9.17) is 0 Å². The Labute approximate surface area is 155 Å². The zero-order chi connectivity index (χ0) is 19.0. The third-order valence-corrected chi connectivity index (χ3v) is 4.58. The average Bonchev–Trinajstić information content (AvgIpc) is 2.70. The maximum absolute atomic E-state index is 12.8. The molecule has 0 unspecified atom stereocenters. The van der Waals surface area contributed by atoms with Crippen LogP contribution in [0, 0.1) is 0 Å². The highest BCUT2D eigenvalue weighted by Gasteiger charge is 2.29. The van der Waals surface area contributed by atoms with Gasteiger partial charge in [0.05, 0.1) is 5.57 Å². The van der Waals surface area contributed by atoms with Crippen LogP contribution in [0.15, 0.2) is 72.8 Å². The minimum Gasteiger partial charge on any atom is -0.478 e. The van der Waals surface area contributed by atoms with Crippen molar-refractivity contribution >= 4 is 29.2 Å². The Kier molecular flexibility index (Phi) is 4.01. The monoisotopic (exact) mass is 354 g/mol. The van der Waals surface area contributed by atoms with E-state index in [0.29, 0.717) is 33.4 Å². The van der Waals surface area contributed by atoms with E-state index in [0.717, 1.165) is 0 Å². The van der Waals surface area contributed by atoms with E-state index in [1.165, 1.54) is 6.08 Å². The van der Waals surface area contributed by atoms with Crippen LogP contribution < -0.4 is 0 Å². The van der Waals surface area contributed by atoms with Crippen molar-refractivity contribution < 1.29 is 19.5 Å². The number of ketones is 2. The molecule has 0 aliphatic heterocycles. The summed E-state index contributed by atoms with van der Waals surface area (Å²) in [6, 6.07) is 20.3. The number of rotatable bonds is 3. The molecule has 1 aliphatic rings. The molecular formula is C23H14O4. The molecule has 4 heteroatoms. The molecule has 0 saturated heterocycles. The second-order valence-corrected chi connectivity index (χ2v) is 6.24. The predicted octanol–water partition coefficient (Wildman–Crippen LogP) is 4.09. The summed E-state index contributed by atoms with van der Waals surface area (Å²) in [5.74, 6) is -1.49. The fourth-order valence-corrected chi connectivity index (χ4v) is 3.26. The summed E-state index contributed by atoms with van der Waals surface area (Å²) >= 11 is 0. The van der Waals surface area contributed by atoms with E-state index in [2.05, 4.69) is 0 Å². The van der Waals surface area contributed by atoms with Gasteiger partial charge >= 0.3 is 5.97 Å². The lowest BCUT2D eigenvalue weighted by Gasteiger charge is -2.17. The van der Waals surface area contributed by atoms with Gasteiger partial charge in [0.1, 0.15) is 0 Å². The van der Waals surface area contributed by atoms with Crippen LogP contribution in [0.2, 0.25) is 0 Å². The SMILES string of the molecule is O=C(O)C(=Cc1ccc2c(c1)C(=O)c1ccccc1C2=O)c1ccccc1. The molecule has 27 heavy (non-hydrogen) atoms. The first-order valence-electron chi connectivity index (χ1n) is 8.39. The van der Waals surface area contributed by atoms with Gasteiger partial charge in [-0.2, -0.15) is 0 Å². The fourth-order valence-electron chi connectivity index (χ4n) is 3.26. The summed E-state index contributed by atoms with van der Waals surface area (Å²) in [6.07, 6.45) is 1.51. The van der Waals surface area contributed by atoms with Gasteiger partial charge < -0.3 is 5.11 Å². The van der Waals surface area contributed by atoms with Crippen LogP contribution in [0.3, 0.4) is 0 Å². The number of carbonyl (C=O) groups excluding carboxylic acids is 2. The van der Waals surface area contributed by atoms with E-state index >= 15 is 0 Å². The molecule has 0 spiro atoms. The number of aliphatic carboxylic acids is 1. The first-order valence-corrected chi connectivity index (χ1v) is 8.39. The molecule has 3 aromatic rings. The van der Waals surface area contributed by atoms with Crippen molar-refractivity contribution in [3.63, 3.8) is 0 Å². The molecule has 0 radical (unpaired) electrons. The van der Waals surface area contributed by atoms with E-state index < -0.39 is 5.97 Å². The lowest BCUT2D eigenvalue weighted by molar-refractivity contribution is -0.130. The highest BCUT2D eigenvalue weighted by Crippen LogP contribution is 2.29. The maximum atomic E-state index is 12.8. The highest BCUT2D eigenvalue weighted by molar-refractivity contribution is 6.28. The second-order valence-electron chi connectivity index (χ2n) is 6.24. The molecule has 4 rings (SSSR count). The van der Waals surface area contributed by atoms with Gasteiger partial charge in [-0.3, -0.25) is 9.59 Å². The number of carboxylic acids is 1. The molecule has 0 saturated carbocycles. The standard InChI is InChI=1S/C23H14O4/c24-21-16-8-4-5-9-17(16)22(25)20-13-14(10-11-18(20)21)12-19(23(26)27)15-6-2-1-3-7-15/h1-13H,(H,26,27). The molecule has 3 aromatic carbocycles. The van der Waals surface area contributed by atoms with E-state index in [-0.39, 0.29) is 17.1 Å². The molecule has 1 N–H and O–H groups in total. The molecule has 0 fully saturated rings. The van der Waals surface area contributed by atoms with Gasteiger partial charge in [0.2, 0.25) is 0 Å². The van der Waals surface area contributed by atoms with E-state index in [1.54, 1.807) is 66.7 Å². The predicted molar refractivity (Wildman–Crippen MR) is 102 cm³/mol. The van der Waals surface area contributed by atoms with Crippen molar-refractivity contribution in [1.29, 1.82) is 0 Å². The van der Waals surface area contributed by atoms with Gasteiger partial charge in [-0.05, 0) is 29.3 Å². The molecule has 0 aromatic heterocycles. The minimum absolute atomic E-state index is 0.116. The fraction of sp³-hybridized carbons (Fsp3) is 0. The number of hydrogen-bond acceptors (Lipinski definition) is 3. The molecule has 0 heterocycles. The Morgan fingerprint density at radius 3 is 1.89 bits per heavy atom. The molecule has 4 nitrogen and oxygen atoms in total. The van der Waals surface area contributed by atoms with Crippen LogP contribution in [-0.4, -0.2) is 22.6 Å². The quantitative estimate of drug-likeness (QED) is 0.444. The Hall–Kier alpha value is -3.79. The Bertz CT molecular complexity index is 1120. The molecule has 130 valence electrons. The number of benzene rings is 3. The smallest absolute Gasteiger partial charge is 0.336 e. The topological polar surface area (TPSA) is 71.4 Å². The zero-order valence-electron chi connectivity index (χ0n) is 14.2. The van der Waals surface area contributed by atoms with Crippen LogP contribution in [0.1, 0.15) is 43.0 Å². The summed E-state index contributed by atoms with van der Waals surface area (Å²) < 4.78 is 0. The Balaban J connectivity index is 1.83. The number of hydrogen-bond donors (Lipinski definition) is 1. The minimum atomic E-state index is -1.06. The maximum Gasteiger partial charge on any atom is 0.336 e. The van der Waals surface area contributed by atoms with Gasteiger partial charge in [0.25, 0.3) is 0 Å². The summed E-state index contributed by atoms with van der Waals surface area (Å²) in [6.45, 7) is 0. The van der Waals surface area contributed by atoms with Crippen molar-refractivity contribution in [2.24, 2.45) is 0 Å². The Morgan fingerprint density at radius 1 is 0.704 bits per heavy atom. The summed E-state index contributed by atoms with van der Waals surface area (Å²) in [5.41, 5.74) is 2.64. The molecular weight excluding hydrogens is 340 g/mol. The second kappa shape index (κ2) is 6.50. The highest BCUT2D eigenvalue weighted by atomic mass is 16.4. The van der Waals surface area contributed by atoms with Crippen molar-refractivity contribution in [1.82, 2.24) is 0 Å². The summed E-state index contributed by atoms with van der Waals surface area (Å²) in [7, 11) is 0. The Morgan fingerprint density at radius 2 is 1.26 bits per heavy atom. The largest absolute Gasteiger partial charge is 0.478 e. The van der Waals surface area contributed by atoms with Crippen LogP contribution in [0.25, 0.3) is 11.6 Å². The zero-order valence-corrected chi connectivity index (χ0v) is 14.2. The van der Waals surface area contributed by atoms with Crippen molar-refractivity contribution in [3.8, 4) is 0 Å². The molecule has 0 bridgehead atoms. The third kappa shape index (κ3) is 2.87. The van der Waals surface area contributed by atoms with Crippen molar-refractivity contribution in [2.75, 3.05) is 0 Å². The van der Waals surface area contributed by atoms with Crippen LogP contribution in [0.5, 0.6) is 0 Å². The van der Waals surface area contributed by atoms with Crippen LogP contribution in [-0.2, 0) is 4.79 Å². The number of carboxylic acid groups (broad SMARTS) is 1. The third-order valence-electron chi connectivity index (χ3n) is 4.58. The van der Waals surface area contributed by atoms with Gasteiger partial charge in [-0.1, -0.05) is 60.7 Å². The summed E-state index contributed by atoms with van der Waals surface area (Å²) in [4.78, 5) is 37.1. The first-order chi connectivity index (χ1) is 13.1. The van der Waals surface area contributed by atoms with Crippen LogP contribution in [0.4, 0.5) is 0 Å². The van der Waals surface area contributed by atoms with E-state index in [9.17, 15) is 19.5 Å². The number of carbonyl (C=O) groups is 3. The molecule has 0 amide bonds. The average molecular weight is 354 g/mol. The number of fused-ring (bicyclic) bond motifs is 2. The normalized spacial score (nSPS) is 13.1. The van der Waals surface area contributed by atoms with Gasteiger partial charge in [-0.15, -0.1) is 0 Å². The van der Waals surface area contributed by atoms with Crippen molar-refractivity contribution in [2.45, 2.75) is 0 Å².